The van der Waals surface area contributed by atoms with E-state index >= 15 is 0 Å². The first-order chi connectivity index (χ1) is 9.47. The van der Waals surface area contributed by atoms with Crippen molar-refractivity contribution in [2.45, 2.75) is 70.6 Å². The third kappa shape index (κ3) is 4.44. The van der Waals surface area contributed by atoms with E-state index < -0.39 is 12.7 Å². The van der Waals surface area contributed by atoms with Crippen molar-refractivity contribution in [3.05, 3.63) is 18.0 Å². The van der Waals surface area contributed by atoms with Crippen LogP contribution in [0, 0.1) is 0 Å². The molecule has 0 spiro atoms. The van der Waals surface area contributed by atoms with E-state index in [0.717, 1.165) is 16.7 Å². The van der Waals surface area contributed by atoms with Crippen molar-refractivity contribution in [1.82, 2.24) is 15.1 Å². The van der Waals surface area contributed by atoms with Crippen LogP contribution in [0.2, 0.25) is 0 Å². The average Bonchev–Trinajstić information content (AvgIpc) is 2.75. The van der Waals surface area contributed by atoms with E-state index in [-0.39, 0.29) is 17.2 Å². The molecule has 21 heavy (non-hydrogen) atoms. The minimum Gasteiger partial charge on any atom is -0.368 e. The molecule has 2 rings (SSSR count). The molecule has 1 fully saturated rings. The Bertz CT molecular complexity index is 494. The minimum absolute atomic E-state index is 0.151. The standard InChI is InChI=1S/C14H22F3N3O/c1-12(2)5-11(13(3,4)21-12)18-6-10-7-19-20(8-10)9-14(15,16)17/h7-8,11,18H,5-6,9H2,1-4H3/t11-/m0/s1. The van der Waals surface area contributed by atoms with Crippen molar-refractivity contribution in [3.63, 3.8) is 0 Å². The second-order valence-corrected chi connectivity index (χ2v) is 6.76. The molecule has 1 aliphatic rings. The highest BCUT2D eigenvalue weighted by atomic mass is 19.4. The van der Waals surface area contributed by atoms with Gasteiger partial charge in [-0.05, 0) is 34.1 Å². The Hall–Kier alpha value is -1.08. The molecule has 1 saturated heterocycles. The van der Waals surface area contributed by atoms with Crippen LogP contribution in [-0.2, 0) is 17.8 Å². The molecule has 0 aliphatic carbocycles. The number of ether oxygens (including phenoxy) is 1. The Kier molecular flexibility index (Phi) is 4.10. The summed E-state index contributed by atoms with van der Waals surface area (Å²) in [6.45, 7) is 7.54. The predicted molar refractivity (Wildman–Crippen MR) is 72.8 cm³/mol. The zero-order valence-corrected chi connectivity index (χ0v) is 12.8. The van der Waals surface area contributed by atoms with E-state index in [1.54, 1.807) is 0 Å². The Morgan fingerprint density at radius 3 is 2.57 bits per heavy atom. The SMILES string of the molecule is CC1(C)C[C@H](NCc2cnn(CC(F)(F)F)c2)C(C)(C)O1. The molecule has 4 nitrogen and oxygen atoms in total. The maximum Gasteiger partial charge on any atom is 0.408 e. The van der Waals surface area contributed by atoms with Crippen LogP contribution in [0.1, 0.15) is 39.7 Å². The maximum atomic E-state index is 12.3. The van der Waals surface area contributed by atoms with Gasteiger partial charge in [0.2, 0.25) is 0 Å². The summed E-state index contributed by atoms with van der Waals surface area (Å²) in [4.78, 5) is 0. The number of hydrogen-bond donors (Lipinski definition) is 1. The number of aromatic nitrogens is 2. The summed E-state index contributed by atoms with van der Waals surface area (Å²) in [7, 11) is 0. The molecule has 0 bridgehead atoms. The Morgan fingerprint density at radius 1 is 1.38 bits per heavy atom. The molecule has 0 saturated carbocycles. The van der Waals surface area contributed by atoms with Crippen molar-refractivity contribution in [3.8, 4) is 0 Å². The number of nitrogens with one attached hydrogen (secondary N) is 1. The summed E-state index contributed by atoms with van der Waals surface area (Å²) in [5.41, 5.74) is 0.243. The minimum atomic E-state index is -4.25. The first-order valence-corrected chi connectivity index (χ1v) is 6.98. The van der Waals surface area contributed by atoms with E-state index in [9.17, 15) is 13.2 Å². The van der Waals surface area contributed by atoms with Gasteiger partial charge in [0.25, 0.3) is 0 Å². The van der Waals surface area contributed by atoms with Gasteiger partial charge in [0.1, 0.15) is 6.54 Å². The normalized spacial score (nSPS) is 24.4. The molecular weight excluding hydrogens is 283 g/mol. The Balaban J connectivity index is 1.92. The zero-order valence-electron chi connectivity index (χ0n) is 12.8. The van der Waals surface area contributed by atoms with Crippen LogP contribution in [0.25, 0.3) is 0 Å². The van der Waals surface area contributed by atoms with E-state index in [4.69, 9.17) is 4.74 Å². The second-order valence-electron chi connectivity index (χ2n) is 6.76. The van der Waals surface area contributed by atoms with Gasteiger partial charge in [-0.1, -0.05) is 0 Å². The lowest BCUT2D eigenvalue weighted by molar-refractivity contribution is -0.142. The Labute approximate surface area is 122 Å². The first kappa shape index (κ1) is 16.3. The molecular formula is C14H22F3N3O. The molecule has 7 heteroatoms. The molecule has 1 atom stereocenters. The van der Waals surface area contributed by atoms with E-state index in [2.05, 4.69) is 10.4 Å². The van der Waals surface area contributed by atoms with Crippen LogP contribution in [-0.4, -0.2) is 33.2 Å². The largest absolute Gasteiger partial charge is 0.408 e. The van der Waals surface area contributed by atoms with Crippen LogP contribution >= 0.6 is 0 Å². The number of nitrogens with zero attached hydrogens (tertiary/aromatic N) is 2. The molecule has 1 aliphatic heterocycles. The van der Waals surface area contributed by atoms with Crippen molar-refractivity contribution >= 4 is 0 Å². The molecule has 0 amide bonds. The third-order valence-corrected chi connectivity index (χ3v) is 3.65. The lowest BCUT2D eigenvalue weighted by atomic mass is 9.94. The molecule has 0 radical (unpaired) electrons. The average molecular weight is 305 g/mol. The van der Waals surface area contributed by atoms with E-state index in [1.807, 2.05) is 27.7 Å². The fourth-order valence-corrected chi connectivity index (χ4v) is 2.89. The second kappa shape index (κ2) is 5.28. The van der Waals surface area contributed by atoms with Gasteiger partial charge in [-0.3, -0.25) is 4.68 Å². The monoisotopic (exact) mass is 305 g/mol. The number of halogens is 3. The van der Waals surface area contributed by atoms with Crippen LogP contribution < -0.4 is 5.32 Å². The topological polar surface area (TPSA) is 39.1 Å². The third-order valence-electron chi connectivity index (χ3n) is 3.65. The summed E-state index contributed by atoms with van der Waals surface area (Å²) in [5, 5.41) is 7.10. The van der Waals surface area contributed by atoms with Crippen molar-refractivity contribution in [2.24, 2.45) is 0 Å². The number of hydrogen-bond acceptors (Lipinski definition) is 3. The molecule has 0 unspecified atom stereocenters. The predicted octanol–water partition coefficient (Wildman–Crippen LogP) is 2.88. The summed E-state index contributed by atoms with van der Waals surface area (Å²) in [6.07, 6.45) is -0.500. The lowest BCUT2D eigenvalue weighted by Gasteiger charge is -2.27. The molecule has 120 valence electrons. The molecule has 1 N–H and O–H groups in total. The molecule has 0 aromatic carbocycles. The van der Waals surface area contributed by atoms with Crippen molar-refractivity contribution in [1.29, 1.82) is 0 Å². The Morgan fingerprint density at radius 2 is 2.05 bits per heavy atom. The maximum absolute atomic E-state index is 12.3. The van der Waals surface area contributed by atoms with Gasteiger partial charge in [0, 0.05) is 24.3 Å². The highest BCUT2D eigenvalue weighted by Crippen LogP contribution is 2.37. The van der Waals surface area contributed by atoms with Crippen LogP contribution in [0.5, 0.6) is 0 Å². The summed E-state index contributed by atoms with van der Waals surface area (Å²) >= 11 is 0. The summed E-state index contributed by atoms with van der Waals surface area (Å²) < 4.78 is 43.7. The van der Waals surface area contributed by atoms with Crippen LogP contribution in [0.4, 0.5) is 13.2 Å². The number of alkyl halides is 3. The van der Waals surface area contributed by atoms with Gasteiger partial charge in [0.15, 0.2) is 0 Å². The van der Waals surface area contributed by atoms with E-state index in [1.165, 1.54) is 12.4 Å². The lowest BCUT2D eigenvalue weighted by Crippen LogP contribution is -2.42. The number of rotatable bonds is 4. The fourth-order valence-electron chi connectivity index (χ4n) is 2.89. The van der Waals surface area contributed by atoms with Gasteiger partial charge in [0.05, 0.1) is 17.4 Å². The van der Waals surface area contributed by atoms with Gasteiger partial charge >= 0.3 is 6.18 Å². The highest BCUT2D eigenvalue weighted by molar-refractivity contribution is 5.06. The molecule has 2 heterocycles. The fraction of sp³-hybridized carbons (Fsp3) is 0.786. The van der Waals surface area contributed by atoms with Crippen LogP contribution in [0.3, 0.4) is 0 Å². The highest BCUT2D eigenvalue weighted by Gasteiger charge is 2.45. The van der Waals surface area contributed by atoms with Crippen molar-refractivity contribution < 1.29 is 17.9 Å². The van der Waals surface area contributed by atoms with Crippen molar-refractivity contribution in [2.75, 3.05) is 0 Å². The molecule has 1 aromatic heterocycles. The zero-order chi connectivity index (χ0) is 15.9. The van der Waals surface area contributed by atoms with Gasteiger partial charge in [-0.25, -0.2) is 0 Å². The molecule has 1 aromatic rings. The first-order valence-electron chi connectivity index (χ1n) is 6.98. The smallest absolute Gasteiger partial charge is 0.368 e. The summed E-state index contributed by atoms with van der Waals surface area (Å²) in [6, 6.07) is 0.151. The van der Waals surface area contributed by atoms with Gasteiger partial charge < -0.3 is 10.1 Å². The summed E-state index contributed by atoms with van der Waals surface area (Å²) in [5.74, 6) is 0. The van der Waals surface area contributed by atoms with E-state index in [0.29, 0.717) is 6.54 Å². The van der Waals surface area contributed by atoms with Gasteiger partial charge in [-0.2, -0.15) is 18.3 Å². The quantitative estimate of drug-likeness (QED) is 0.929. The van der Waals surface area contributed by atoms with Crippen LogP contribution in [0.15, 0.2) is 12.4 Å². The van der Waals surface area contributed by atoms with Gasteiger partial charge in [-0.15, -0.1) is 0 Å².